The van der Waals surface area contributed by atoms with E-state index in [1.54, 1.807) is 11.8 Å². The second-order valence-corrected chi connectivity index (χ2v) is 4.42. The van der Waals surface area contributed by atoms with Crippen molar-refractivity contribution in [3.8, 4) is 0 Å². The van der Waals surface area contributed by atoms with Gasteiger partial charge in [-0.1, -0.05) is 6.92 Å². The summed E-state index contributed by atoms with van der Waals surface area (Å²) in [6.45, 7) is 2.01. The van der Waals surface area contributed by atoms with Gasteiger partial charge < -0.3 is 10.2 Å². The molecular weight excluding hydrogens is 136 g/mol. The Kier molecular flexibility index (Phi) is 1.10. The second kappa shape index (κ2) is 1.65. The first-order valence-corrected chi connectivity index (χ1v) is 4.17. The SMILES string of the molecule is CC1SC2C(O)C2C1O. The van der Waals surface area contributed by atoms with Crippen LogP contribution in [0, 0.1) is 5.92 Å². The highest BCUT2D eigenvalue weighted by Crippen LogP contribution is 2.54. The summed E-state index contributed by atoms with van der Waals surface area (Å²) in [6, 6.07) is 0. The smallest absolute Gasteiger partial charge is 0.0728 e. The van der Waals surface area contributed by atoms with Crippen molar-refractivity contribution in [2.45, 2.75) is 29.6 Å². The molecule has 2 N–H and O–H groups in total. The number of thioether (sulfide) groups is 1. The first kappa shape index (κ1) is 6.01. The summed E-state index contributed by atoms with van der Waals surface area (Å²) >= 11 is 1.71. The van der Waals surface area contributed by atoms with Crippen LogP contribution in [0.15, 0.2) is 0 Å². The fraction of sp³-hybridized carbons (Fsp3) is 1.00. The standard InChI is InChI=1S/C6H10O2S/c1-2-4(7)3-5(8)6(3)9-2/h2-8H,1H3. The lowest BCUT2D eigenvalue weighted by molar-refractivity contribution is 0.126. The Morgan fingerprint density at radius 3 is 2.22 bits per heavy atom. The van der Waals surface area contributed by atoms with Crippen LogP contribution < -0.4 is 0 Å². The molecular formula is C6H10O2S. The van der Waals surface area contributed by atoms with Crippen LogP contribution in [0.2, 0.25) is 0 Å². The molecule has 0 aromatic carbocycles. The van der Waals surface area contributed by atoms with Crippen molar-refractivity contribution in [2.24, 2.45) is 5.92 Å². The van der Waals surface area contributed by atoms with E-state index in [4.69, 9.17) is 5.11 Å². The molecule has 1 saturated heterocycles. The number of aliphatic hydroxyl groups is 2. The van der Waals surface area contributed by atoms with Crippen LogP contribution in [0.1, 0.15) is 6.92 Å². The normalized spacial score (nSPS) is 63.7. The number of rotatable bonds is 0. The monoisotopic (exact) mass is 146 g/mol. The first-order valence-electron chi connectivity index (χ1n) is 3.23. The Hall–Kier alpha value is 0.270. The molecule has 0 bridgehead atoms. The van der Waals surface area contributed by atoms with Gasteiger partial charge in [-0.05, 0) is 0 Å². The molecule has 1 saturated carbocycles. The van der Waals surface area contributed by atoms with E-state index in [1.807, 2.05) is 6.92 Å². The van der Waals surface area contributed by atoms with Crippen molar-refractivity contribution in [2.75, 3.05) is 0 Å². The van der Waals surface area contributed by atoms with Crippen molar-refractivity contribution in [3.63, 3.8) is 0 Å². The third kappa shape index (κ3) is 0.656. The highest BCUT2D eigenvalue weighted by atomic mass is 32.2. The largest absolute Gasteiger partial charge is 0.392 e. The summed E-state index contributed by atoms with van der Waals surface area (Å²) in [5.41, 5.74) is 0. The molecule has 1 heterocycles. The molecule has 1 aliphatic heterocycles. The zero-order valence-corrected chi connectivity index (χ0v) is 6.01. The van der Waals surface area contributed by atoms with Gasteiger partial charge in [0.25, 0.3) is 0 Å². The molecule has 1 aliphatic carbocycles. The molecule has 52 valence electrons. The molecule has 2 nitrogen and oxygen atoms in total. The third-order valence-electron chi connectivity index (χ3n) is 2.22. The Labute approximate surface area is 58.3 Å². The van der Waals surface area contributed by atoms with Crippen molar-refractivity contribution >= 4 is 11.8 Å². The summed E-state index contributed by atoms with van der Waals surface area (Å²) in [4.78, 5) is 0. The van der Waals surface area contributed by atoms with Gasteiger partial charge in [0.1, 0.15) is 0 Å². The number of fused-ring (bicyclic) bond motifs is 1. The minimum Gasteiger partial charge on any atom is -0.392 e. The maximum atomic E-state index is 9.30. The average molecular weight is 146 g/mol. The number of aliphatic hydroxyl groups excluding tert-OH is 2. The fourth-order valence-electron chi connectivity index (χ4n) is 1.50. The van der Waals surface area contributed by atoms with Crippen molar-refractivity contribution < 1.29 is 10.2 Å². The first-order chi connectivity index (χ1) is 4.22. The van der Waals surface area contributed by atoms with E-state index < -0.39 is 0 Å². The average Bonchev–Trinajstić information content (AvgIpc) is 2.29. The van der Waals surface area contributed by atoms with E-state index in [9.17, 15) is 5.11 Å². The lowest BCUT2D eigenvalue weighted by atomic mass is 10.2. The van der Waals surface area contributed by atoms with Gasteiger partial charge in [0, 0.05) is 16.4 Å². The Bertz CT molecular complexity index is 139. The van der Waals surface area contributed by atoms with Crippen LogP contribution in [0.4, 0.5) is 0 Å². The van der Waals surface area contributed by atoms with E-state index in [2.05, 4.69) is 0 Å². The fourth-order valence-corrected chi connectivity index (χ4v) is 3.09. The zero-order chi connectivity index (χ0) is 6.59. The van der Waals surface area contributed by atoms with Crippen LogP contribution in [-0.2, 0) is 0 Å². The van der Waals surface area contributed by atoms with Gasteiger partial charge in [0.15, 0.2) is 0 Å². The lowest BCUT2D eigenvalue weighted by Crippen LogP contribution is -2.20. The molecule has 0 aromatic rings. The van der Waals surface area contributed by atoms with Crippen molar-refractivity contribution in [1.29, 1.82) is 0 Å². The highest BCUT2D eigenvalue weighted by molar-refractivity contribution is 8.01. The molecule has 2 fully saturated rings. The maximum Gasteiger partial charge on any atom is 0.0728 e. The quantitative estimate of drug-likeness (QED) is 0.499. The highest BCUT2D eigenvalue weighted by Gasteiger charge is 2.60. The van der Waals surface area contributed by atoms with Gasteiger partial charge in [-0.25, -0.2) is 0 Å². The lowest BCUT2D eigenvalue weighted by Gasteiger charge is -2.11. The minimum atomic E-state index is -0.255. The van der Waals surface area contributed by atoms with Gasteiger partial charge in [0.05, 0.1) is 12.2 Å². The Balaban J connectivity index is 2.07. The molecule has 0 aromatic heterocycles. The van der Waals surface area contributed by atoms with Crippen LogP contribution >= 0.6 is 11.8 Å². The molecule has 0 radical (unpaired) electrons. The van der Waals surface area contributed by atoms with Gasteiger partial charge in [-0.15, -0.1) is 11.8 Å². The number of hydrogen-bond acceptors (Lipinski definition) is 3. The molecule has 2 aliphatic rings. The second-order valence-electron chi connectivity index (χ2n) is 2.86. The summed E-state index contributed by atoms with van der Waals surface area (Å²) in [7, 11) is 0. The van der Waals surface area contributed by atoms with Crippen LogP contribution in [0.3, 0.4) is 0 Å². The predicted molar refractivity (Wildman–Crippen MR) is 36.3 cm³/mol. The Morgan fingerprint density at radius 1 is 1.22 bits per heavy atom. The Morgan fingerprint density at radius 2 is 1.89 bits per heavy atom. The van der Waals surface area contributed by atoms with E-state index in [1.165, 1.54) is 0 Å². The maximum absolute atomic E-state index is 9.30. The molecule has 0 spiro atoms. The summed E-state index contributed by atoms with van der Waals surface area (Å²) in [5.74, 6) is 0.199. The van der Waals surface area contributed by atoms with Crippen molar-refractivity contribution in [1.82, 2.24) is 0 Å². The molecule has 9 heavy (non-hydrogen) atoms. The van der Waals surface area contributed by atoms with E-state index in [-0.39, 0.29) is 18.1 Å². The van der Waals surface area contributed by atoms with E-state index in [0.717, 1.165) is 0 Å². The van der Waals surface area contributed by atoms with Crippen LogP contribution in [0.25, 0.3) is 0 Å². The molecule has 5 atom stereocenters. The van der Waals surface area contributed by atoms with Crippen molar-refractivity contribution in [3.05, 3.63) is 0 Å². The van der Waals surface area contributed by atoms with Gasteiger partial charge in [0.2, 0.25) is 0 Å². The summed E-state index contributed by atoms with van der Waals surface area (Å²) in [5, 5.41) is 19.0. The molecule has 2 rings (SSSR count). The molecule has 0 amide bonds. The third-order valence-corrected chi connectivity index (χ3v) is 3.83. The van der Waals surface area contributed by atoms with Crippen LogP contribution in [-0.4, -0.2) is 32.9 Å². The topological polar surface area (TPSA) is 40.5 Å². The van der Waals surface area contributed by atoms with E-state index in [0.29, 0.717) is 10.5 Å². The van der Waals surface area contributed by atoms with E-state index >= 15 is 0 Å². The number of hydrogen-bond donors (Lipinski definition) is 2. The minimum absolute atomic E-state index is 0.199. The molecule has 3 heteroatoms. The summed E-state index contributed by atoms with van der Waals surface area (Å²) < 4.78 is 0. The van der Waals surface area contributed by atoms with Crippen LogP contribution in [0.5, 0.6) is 0 Å². The zero-order valence-electron chi connectivity index (χ0n) is 5.19. The summed E-state index contributed by atoms with van der Waals surface area (Å²) in [6.07, 6.45) is -0.462. The van der Waals surface area contributed by atoms with Gasteiger partial charge in [-0.3, -0.25) is 0 Å². The molecule has 5 unspecified atom stereocenters. The van der Waals surface area contributed by atoms with Gasteiger partial charge in [-0.2, -0.15) is 0 Å². The predicted octanol–water partition coefficient (Wildman–Crippen LogP) is -0.158. The van der Waals surface area contributed by atoms with Gasteiger partial charge >= 0.3 is 0 Å².